The Bertz CT molecular complexity index is 1780. The minimum atomic E-state index is -1.33. The molecule has 1 aliphatic heterocycles. The van der Waals surface area contributed by atoms with Crippen molar-refractivity contribution in [2.75, 3.05) is 4.90 Å². The highest BCUT2D eigenvalue weighted by Gasteiger charge is 2.55. The Morgan fingerprint density at radius 1 is 1.09 bits per heavy atom. The molecule has 0 radical (unpaired) electrons. The molecule has 3 N–H and O–H groups in total. The van der Waals surface area contributed by atoms with E-state index in [1.54, 1.807) is 60.9 Å². The van der Waals surface area contributed by atoms with E-state index in [4.69, 9.17) is 23.2 Å². The van der Waals surface area contributed by atoms with E-state index in [0.29, 0.717) is 53.4 Å². The van der Waals surface area contributed by atoms with Gasteiger partial charge in [-0.1, -0.05) is 35.3 Å². The fourth-order valence-electron chi connectivity index (χ4n) is 6.42. The topological polar surface area (TPSA) is 157 Å². The molecule has 2 heterocycles. The zero-order chi connectivity index (χ0) is 32.3. The van der Waals surface area contributed by atoms with Crippen LogP contribution in [0.15, 0.2) is 48.7 Å². The van der Waals surface area contributed by atoms with E-state index in [2.05, 4.69) is 21.7 Å². The predicted molar refractivity (Wildman–Crippen MR) is 165 cm³/mol. The molecule has 3 atom stereocenters. The van der Waals surface area contributed by atoms with Crippen molar-refractivity contribution >= 4 is 58.5 Å². The number of carboxylic acid groups (broad SMARTS) is 1. The van der Waals surface area contributed by atoms with Crippen molar-refractivity contribution in [3.8, 4) is 6.07 Å². The molecule has 3 amide bonds. The Morgan fingerprint density at radius 2 is 1.76 bits per heavy atom. The number of anilines is 2. The maximum Gasteiger partial charge on any atom is 0.309 e. The summed E-state index contributed by atoms with van der Waals surface area (Å²) in [6, 6.07) is 13.3. The van der Waals surface area contributed by atoms with Crippen molar-refractivity contribution in [3.05, 3.63) is 75.5 Å². The van der Waals surface area contributed by atoms with Crippen LogP contribution in [0.3, 0.4) is 0 Å². The number of aliphatic carboxylic acids is 1. The van der Waals surface area contributed by atoms with E-state index in [9.17, 15) is 29.5 Å². The Kier molecular flexibility index (Phi) is 7.41. The molecule has 0 unspecified atom stereocenters. The lowest BCUT2D eigenvalue weighted by Gasteiger charge is -2.27. The van der Waals surface area contributed by atoms with Gasteiger partial charge in [-0.2, -0.15) is 5.26 Å². The Hall–Kier alpha value is -4.40. The standard InChI is InChI=1S/C32H30Cl2N6O5/c1-30(28(44)45)8-7-22(15-30)37-26(42)32(9-10-32)38-25(41)24-17-36-29-39(23-12-20(33)11-21(34)13-23)27(43)31(2,40(24)29)14-18-3-5-19(16-35)6-4-18/h3-6,11-13,17,22H,7-10,14-15H2,1-2H3,(H,37,42)(H,38,41)(H,44,45)/t22-,30+,31-/m1/s1. The van der Waals surface area contributed by atoms with E-state index in [0.717, 1.165) is 5.56 Å². The highest BCUT2D eigenvalue weighted by molar-refractivity contribution is 6.35. The van der Waals surface area contributed by atoms with Crippen LogP contribution >= 0.6 is 23.2 Å². The molecule has 3 aliphatic rings. The quantitative estimate of drug-likeness (QED) is 0.319. The van der Waals surface area contributed by atoms with Gasteiger partial charge in [-0.25, -0.2) is 9.88 Å². The third-order valence-corrected chi connectivity index (χ3v) is 9.64. The summed E-state index contributed by atoms with van der Waals surface area (Å²) in [4.78, 5) is 59.1. The van der Waals surface area contributed by atoms with Crippen LogP contribution in [0.1, 0.15) is 67.6 Å². The summed E-state index contributed by atoms with van der Waals surface area (Å²) < 4.78 is 1.57. The molecule has 232 valence electrons. The van der Waals surface area contributed by atoms with Crippen LogP contribution < -0.4 is 15.5 Å². The normalized spacial score (nSPS) is 24.6. The van der Waals surface area contributed by atoms with Gasteiger partial charge in [0.15, 0.2) is 0 Å². The van der Waals surface area contributed by atoms with E-state index in [1.807, 2.05) is 0 Å². The maximum atomic E-state index is 14.3. The summed E-state index contributed by atoms with van der Waals surface area (Å²) >= 11 is 12.6. The monoisotopic (exact) mass is 648 g/mol. The van der Waals surface area contributed by atoms with Gasteiger partial charge in [0.2, 0.25) is 11.9 Å². The van der Waals surface area contributed by atoms with Crippen LogP contribution in [-0.4, -0.2) is 49.9 Å². The van der Waals surface area contributed by atoms with Crippen LogP contribution in [0.2, 0.25) is 10.0 Å². The third-order valence-electron chi connectivity index (χ3n) is 9.20. The number of hydrogen-bond donors (Lipinski definition) is 3. The molecule has 0 bridgehead atoms. The number of imidazole rings is 1. The Balaban J connectivity index is 1.31. The molecule has 0 saturated heterocycles. The highest BCUT2D eigenvalue weighted by atomic mass is 35.5. The van der Waals surface area contributed by atoms with E-state index < -0.39 is 28.4 Å². The number of carbonyl (C=O) groups excluding carboxylic acids is 3. The molecule has 1 aromatic heterocycles. The zero-order valence-electron chi connectivity index (χ0n) is 24.6. The van der Waals surface area contributed by atoms with Gasteiger partial charge in [0.1, 0.15) is 16.8 Å². The molecule has 11 nitrogen and oxygen atoms in total. The van der Waals surface area contributed by atoms with Gasteiger partial charge >= 0.3 is 5.97 Å². The largest absolute Gasteiger partial charge is 0.481 e. The lowest BCUT2D eigenvalue weighted by molar-refractivity contribution is -0.147. The molecule has 3 aromatic rings. The second-order valence-electron chi connectivity index (χ2n) is 12.6. The van der Waals surface area contributed by atoms with Gasteiger partial charge in [0.25, 0.3) is 11.8 Å². The van der Waals surface area contributed by atoms with Crippen molar-refractivity contribution in [1.82, 2.24) is 20.2 Å². The smallest absolute Gasteiger partial charge is 0.309 e. The maximum absolute atomic E-state index is 14.3. The summed E-state index contributed by atoms with van der Waals surface area (Å²) in [5, 5.41) is 25.3. The number of nitrogens with zero attached hydrogens (tertiary/aromatic N) is 4. The van der Waals surface area contributed by atoms with Crippen molar-refractivity contribution in [1.29, 1.82) is 5.26 Å². The van der Waals surface area contributed by atoms with Crippen LogP contribution in [0.4, 0.5) is 11.6 Å². The van der Waals surface area contributed by atoms with Crippen LogP contribution in [0.25, 0.3) is 0 Å². The van der Waals surface area contributed by atoms with Crippen LogP contribution in [-0.2, 0) is 26.3 Å². The van der Waals surface area contributed by atoms with Crippen molar-refractivity contribution in [2.45, 2.75) is 69.5 Å². The summed E-state index contributed by atoms with van der Waals surface area (Å²) in [5.41, 5.74) is -1.68. The van der Waals surface area contributed by atoms with Gasteiger partial charge in [-0.05, 0) is 81.8 Å². The first-order valence-corrected chi connectivity index (χ1v) is 15.3. The van der Waals surface area contributed by atoms with Crippen molar-refractivity contribution in [2.24, 2.45) is 5.41 Å². The van der Waals surface area contributed by atoms with Gasteiger partial charge in [0.05, 0.1) is 28.9 Å². The Morgan fingerprint density at radius 3 is 2.33 bits per heavy atom. The van der Waals surface area contributed by atoms with Crippen molar-refractivity contribution in [3.63, 3.8) is 0 Å². The average molecular weight is 650 g/mol. The summed E-state index contributed by atoms with van der Waals surface area (Å²) in [6.07, 6.45) is 3.68. The van der Waals surface area contributed by atoms with Crippen molar-refractivity contribution < 1.29 is 24.3 Å². The predicted octanol–water partition coefficient (Wildman–Crippen LogP) is 4.72. The van der Waals surface area contributed by atoms with E-state index in [-0.39, 0.29) is 35.9 Å². The number of nitriles is 1. The number of nitrogens with one attached hydrogen (secondary N) is 2. The number of halogens is 2. The molecule has 45 heavy (non-hydrogen) atoms. The molecule has 0 spiro atoms. The minimum Gasteiger partial charge on any atom is -0.481 e. The number of fused-ring (bicyclic) bond motifs is 1. The molecule has 2 fully saturated rings. The highest BCUT2D eigenvalue weighted by Crippen LogP contribution is 2.45. The molecule has 2 saturated carbocycles. The number of benzene rings is 2. The van der Waals surface area contributed by atoms with Gasteiger partial charge < -0.3 is 15.7 Å². The van der Waals surface area contributed by atoms with Crippen LogP contribution in [0.5, 0.6) is 0 Å². The molecular weight excluding hydrogens is 619 g/mol. The Labute approximate surface area is 269 Å². The molecule has 13 heteroatoms. The lowest BCUT2D eigenvalue weighted by atomic mass is 9.89. The number of carboxylic acids is 1. The number of hydrogen-bond acceptors (Lipinski definition) is 6. The van der Waals surface area contributed by atoms with Gasteiger partial charge in [0, 0.05) is 22.5 Å². The summed E-state index contributed by atoms with van der Waals surface area (Å²) in [5.74, 6) is -2.01. The number of rotatable bonds is 8. The third kappa shape index (κ3) is 5.32. The second-order valence-corrected chi connectivity index (χ2v) is 13.5. The first-order chi connectivity index (χ1) is 21.3. The molecular formula is C32H30Cl2N6O5. The molecule has 2 aliphatic carbocycles. The number of carbonyl (C=O) groups is 4. The average Bonchev–Trinajstić information content (AvgIpc) is 3.37. The summed E-state index contributed by atoms with van der Waals surface area (Å²) in [6.45, 7) is 3.38. The van der Waals surface area contributed by atoms with Crippen LogP contribution in [0, 0.1) is 16.7 Å². The lowest BCUT2D eigenvalue weighted by Crippen LogP contribution is -2.52. The first-order valence-electron chi connectivity index (χ1n) is 14.5. The van der Waals surface area contributed by atoms with Gasteiger partial charge in [-0.3, -0.25) is 23.7 Å². The number of aromatic nitrogens is 2. The van der Waals surface area contributed by atoms with Gasteiger partial charge in [-0.15, -0.1) is 0 Å². The number of amides is 3. The molecule has 6 rings (SSSR count). The second kappa shape index (κ2) is 10.9. The first kappa shape index (κ1) is 30.6. The fourth-order valence-corrected chi connectivity index (χ4v) is 6.94. The van der Waals surface area contributed by atoms with E-state index >= 15 is 0 Å². The van der Waals surface area contributed by atoms with E-state index in [1.165, 1.54) is 11.1 Å². The zero-order valence-corrected chi connectivity index (χ0v) is 26.1. The fraction of sp³-hybridized carbons (Fsp3) is 0.375. The minimum absolute atomic E-state index is 0.0866. The SMILES string of the molecule is C[C@]1(C(=O)O)CC[C@@H](NC(=O)C2(NC(=O)c3cnc4n3[C@](C)(Cc3ccc(C#N)cc3)C(=O)N4c3cc(Cl)cc(Cl)c3)CC2)C1. The summed E-state index contributed by atoms with van der Waals surface area (Å²) in [7, 11) is 0. The molecule has 2 aromatic carbocycles.